The van der Waals surface area contributed by atoms with E-state index in [1.807, 2.05) is 108 Å². The number of nitrogens with zero attached hydrogens (tertiary/aromatic N) is 16. The first kappa shape index (κ1) is 79.9. The van der Waals surface area contributed by atoms with Crippen LogP contribution in [-0.4, -0.2) is 150 Å². The zero-order chi connectivity index (χ0) is 77.5. The van der Waals surface area contributed by atoms with Gasteiger partial charge in [-0.05, 0) is 237 Å². The first-order valence-corrected chi connectivity index (χ1v) is 39.1. The van der Waals surface area contributed by atoms with Crippen molar-refractivity contribution in [1.82, 2.24) is 78.2 Å². The molecule has 16 rings (SSSR count). The maximum atomic E-state index is 13.7. The lowest BCUT2D eigenvalue weighted by Crippen LogP contribution is -2.51. The maximum Gasteiger partial charge on any atom is 0.265 e. The third-order valence-corrected chi connectivity index (χ3v) is 22.3. The van der Waals surface area contributed by atoms with Gasteiger partial charge in [-0.3, -0.25) is 29.2 Å². The molecule has 3 saturated heterocycles. The average molecular weight is 1470 g/mol. The van der Waals surface area contributed by atoms with Crippen molar-refractivity contribution in [3.8, 4) is 22.5 Å². The number of alkyl halides is 2. The SMILES string of the molecule is CC(C)c1cc(-c2ccc3c(cnn3C)c2)ncc1C(F)F.CC(C)c1cc(-c2ccc3c(cnn3C)c2)ncc1F.CC(C)c1ccc2c(c1)ncn2C1CCN(C)CC1.CC1=NC2CCN(C(C)C)CC2N1.Cc1nc2cc(C(C)C)ccc2n1C1CCN(C)CC1.Cc1nc2ccc(C(C)C)cc2n1C. The number of aromatic nitrogens is 12. The summed E-state index contributed by atoms with van der Waals surface area (Å²) in [7, 11) is 10.3. The number of hydrogen-bond donors (Lipinski definition) is 1. The molecule has 5 aromatic carbocycles. The van der Waals surface area contributed by atoms with Crippen LogP contribution in [0.3, 0.4) is 0 Å². The molecular formula is C88H116F3N17. The average Bonchev–Trinajstić information content (AvgIpc) is 1.64. The Morgan fingerprint density at radius 1 is 0.454 bits per heavy atom. The number of aryl methyl sites for hydroxylation is 5. The number of pyridine rings is 2. The number of fused-ring (bicyclic) bond motifs is 6. The number of aliphatic imine (C=N–C) groups is 1. The molecule has 0 spiro atoms. The number of likely N-dealkylation sites (tertiary alicyclic amines) is 3. The molecule has 0 bridgehead atoms. The van der Waals surface area contributed by atoms with Gasteiger partial charge in [0.15, 0.2) is 0 Å². The second-order valence-electron chi connectivity index (χ2n) is 32.1. The second-order valence-corrected chi connectivity index (χ2v) is 32.1. The van der Waals surface area contributed by atoms with Crippen molar-refractivity contribution in [3.05, 3.63) is 185 Å². The highest BCUT2D eigenvalue weighted by Gasteiger charge is 2.34. The minimum Gasteiger partial charge on any atom is -0.368 e. The number of halogens is 3. The van der Waals surface area contributed by atoms with E-state index < -0.39 is 6.43 Å². The summed E-state index contributed by atoms with van der Waals surface area (Å²) in [4.78, 5) is 34.2. The van der Waals surface area contributed by atoms with Crippen molar-refractivity contribution >= 4 is 60.7 Å². The predicted octanol–water partition coefficient (Wildman–Crippen LogP) is 19.6. The number of piperidine rings is 3. The highest BCUT2D eigenvalue weighted by molar-refractivity contribution is 5.86. The molecule has 11 heterocycles. The molecule has 12 aromatic rings. The van der Waals surface area contributed by atoms with Crippen LogP contribution in [0.2, 0.25) is 0 Å². The van der Waals surface area contributed by atoms with Gasteiger partial charge in [-0.25, -0.2) is 28.1 Å². The molecular weight excluding hydrogens is 1350 g/mol. The molecule has 3 fully saturated rings. The highest BCUT2D eigenvalue weighted by Crippen LogP contribution is 2.35. The Bertz CT molecular complexity index is 5030. The number of benzene rings is 5. The lowest BCUT2D eigenvalue weighted by molar-refractivity contribution is 0.149. The molecule has 1 N–H and O–H groups in total. The summed E-state index contributed by atoms with van der Waals surface area (Å²) in [6.45, 7) is 39.0. The number of rotatable bonds is 11. The van der Waals surface area contributed by atoms with Gasteiger partial charge in [0.25, 0.3) is 6.43 Å². The molecule has 108 heavy (non-hydrogen) atoms. The fourth-order valence-corrected chi connectivity index (χ4v) is 15.3. The molecule has 4 aliphatic heterocycles. The van der Waals surface area contributed by atoms with E-state index in [1.54, 1.807) is 16.9 Å². The maximum absolute atomic E-state index is 13.7. The number of nitrogens with one attached hydrogen (secondary N) is 1. The molecule has 0 aliphatic carbocycles. The van der Waals surface area contributed by atoms with E-state index >= 15 is 0 Å². The molecule has 4 aliphatic rings. The first-order valence-electron chi connectivity index (χ1n) is 39.1. The van der Waals surface area contributed by atoms with Gasteiger partial charge in [-0.2, -0.15) is 10.2 Å². The molecule has 7 aromatic heterocycles. The second kappa shape index (κ2) is 35.1. The van der Waals surface area contributed by atoms with Crippen molar-refractivity contribution in [2.45, 2.75) is 202 Å². The number of amidine groups is 1. The van der Waals surface area contributed by atoms with E-state index in [2.05, 4.69) is 214 Å². The van der Waals surface area contributed by atoms with Gasteiger partial charge in [-0.1, -0.05) is 99.6 Å². The quantitative estimate of drug-likeness (QED) is 0.132. The van der Waals surface area contributed by atoms with E-state index in [4.69, 9.17) is 4.98 Å². The van der Waals surface area contributed by atoms with Crippen LogP contribution in [0.15, 0.2) is 139 Å². The summed E-state index contributed by atoms with van der Waals surface area (Å²) in [6, 6.07) is 38.6. The fraction of sp³-hybridized carbons (Fsp3) is 0.477. The summed E-state index contributed by atoms with van der Waals surface area (Å²) in [5, 5.41) is 13.9. The van der Waals surface area contributed by atoms with Crippen molar-refractivity contribution in [1.29, 1.82) is 0 Å². The smallest absolute Gasteiger partial charge is 0.265 e. The topological polar surface area (TPSA) is 149 Å². The summed E-state index contributed by atoms with van der Waals surface area (Å²) in [5.74, 6) is 4.98. The predicted molar refractivity (Wildman–Crippen MR) is 440 cm³/mol. The van der Waals surface area contributed by atoms with Gasteiger partial charge < -0.3 is 28.8 Å². The molecule has 0 radical (unpaired) electrons. The Balaban J connectivity index is 0.000000130. The van der Waals surface area contributed by atoms with Gasteiger partial charge >= 0.3 is 0 Å². The van der Waals surface area contributed by atoms with Crippen LogP contribution < -0.4 is 5.32 Å². The first-order chi connectivity index (χ1) is 51.5. The number of imidazole rings is 3. The third kappa shape index (κ3) is 18.8. The van der Waals surface area contributed by atoms with Gasteiger partial charge in [0.1, 0.15) is 17.5 Å². The Hall–Kier alpha value is -9.11. The molecule has 20 heteroatoms. The normalized spacial score (nSPS) is 16.8. The summed E-state index contributed by atoms with van der Waals surface area (Å²) in [6.07, 6.45) is 11.9. The third-order valence-electron chi connectivity index (χ3n) is 22.3. The highest BCUT2D eigenvalue weighted by atomic mass is 19.3. The van der Waals surface area contributed by atoms with E-state index in [0.717, 1.165) is 79.2 Å². The van der Waals surface area contributed by atoms with Crippen molar-refractivity contribution in [3.63, 3.8) is 0 Å². The Morgan fingerprint density at radius 2 is 0.963 bits per heavy atom. The summed E-state index contributed by atoms with van der Waals surface area (Å²) >= 11 is 0. The Labute approximate surface area is 638 Å². The van der Waals surface area contributed by atoms with E-state index in [0.29, 0.717) is 64.8 Å². The van der Waals surface area contributed by atoms with Crippen molar-refractivity contribution in [2.75, 3.05) is 53.4 Å². The largest absolute Gasteiger partial charge is 0.368 e. The van der Waals surface area contributed by atoms with Crippen LogP contribution in [0.1, 0.15) is 215 Å². The molecule has 17 nitrogen and oxygen atoms in total. The zero-order valence-corrected chi connectivity index (χ0v) is 67.6. The van der Waals surface area contributed by atoms with Crippen LogP contribution in [-0.2, 0) is 21.1 Å². The van der Waals surface area contributed by atoms with E-state index in [-0.39, 0.29) is 23.2 Å². The lowest BCUT2D eigenvalue weighted by Gasteiger charge is -2.36. The Kier molecular flexibility index (Phi) is 25.9. The Morgan fingerprint density at radius 3 is 1.52 bits per heavy atom. The molecule has 2 unspecified atom stereocenters. The van der Waals surface area contributed by atoms with E-state index in [1.165, 1.54) is 110 Å². The fourth-order valence-electron chi connectivity index (χ4n) is 15.3. The van der Waals surface area contributed by atoms with Gasteiger partial charge in [0.05, 0.1) is 98.4 Å². The standard InChI is InChI=1S/C17H17F2N3.C17H25N3.C16H16FN3.C16H23N3.C12H16N2.C10H19N3/c1-10(2)13-7-15(20-9-14(13)17(18)19)11-4-5-16-12(6-11)8-21-22(16)3;1-12(2)14-5-6-17-16(11-14)18-13(3)20(17)15-7-9-19(4)10-8-15;1-10(2)13-7-15(18-9-14(13)17)11-4-5-16-12(6-11)8-19-20(16)3;1-12(2)13-4-5-16-15(10-13)17-11-19(16)14-6-8-18(3)9-7-14;1-8(2)10-5-6-11-12(7-10)14(4)9(3)13-11;1-7(2)13-5-4-9-10(6-13)12-8(3)11-9/h4-10,17H,1-3H3;5-6,11-12,15H,7-10H2,1-4H3;4-10H,1-3H3;4-5,10-12,14H,6-9H2,1-3H3;5-8H,1-4H3;7,9-10H,4-6H2,1-3H3,(H,11,12). The molecule has 0 saturated carbocycles. The van der Waals surface area contributed by atoms with Crippen LogP contribution in [0.4, 0.5) is 13.2 Å². The van der Waals surface area contributed by atoms with Crippen LogP contribution in [0.5, 0.6) is 0 Å². The van der Waals surface area contributed by atoms with E-state index in [9.17, 15) is 13.2 Å². The summed E-state index contributed by atoms with van der Waals surface area (Å²) in [5.41, 5.74) is 18.2. The van der Waals surface area contributed by atoms with Crippen LogP contribution >= 0.6 is 0 Å². The molecule has 0 amide bonds. The number of hydrogen-bond acceptors (Lipinski definition) is 12. The lowest BCUT2D eigenvalue weighted by atomic mass is 9.96. The minimum atomic E-state index is -2.50. The van der Waals surface area contributed by atoms with Crippen molar-refractivity contribution < 1.29 is 13.2 Å². The molecule has 2 atom stereocenters. The van der Waals surface area contributed by atoms with Gasteiger partial charge in [0.2, 0.25) is 0 Å². The zero-order valence-electron chi connectivity index (χ0n) is 67.6. The minimum absolute atomic E-state index is 0.0150. The van der Waals surface area contributed by atoms with Gasteiger partial charge in [0, 0.05) is 86.0 Å². The van der Waals surface area contributed by atoms with Crippen molar-refractivity contribution in [2.24, 2.45) is 26.1 Å². The van der Waals surface area contributed by atoms with Crippen LogP contribution in [0, 0.1) is 19.7 Å². The molecule has 574 valence electrons. The summed E-state index contributed by atoms with van der Waals surface area (Å²) < 4.78 is 50.5. The van der Waals surface area contributed by atoms with Gasteiger partial charge in [-0.15, -0.1) is 0 Å². The monoisotopic (exact) mass is 1470 g/mol. The van der Waals surface area contributed by atoms with Crippen LogP contribution in [0.25, 0.3) is 77.4 Å².